The number of halogens is 1. The van der Waals surface area contributed by atoms with Crippen molar-refractivity contribution < 1.29 is 13.9 Å². The van der Waals surface area contributed by atoms with E-state index < -0.39 is 11.7 Å². The number of carbonyl (C=O) groups is 1. The second-order valence-electron chi connectivity index (χ2n) is 5.87. The van der Waals surface area contributed by atoms with E-state index in [1.165, 1.54) is 17.7 Å². The molecule has 0 saturated carbocycles. The molecule has 0 fully saturated rings. The van der Waals surface area contributed by atoms with Gasteiger partial charge in [0.1, 0.15) is 11.6 Å². The van der Waals surface area contributed by atoms with E-state index in [0.717, 1.165) is 12.8 Å². The highest BCUT2D eigenvalue weighted by atomic mass is 19.1. The first-order chi connectivity index (χ1) is 12.7. The smallest absolute Gasteiger partial charge is 0.258 e. The van der Waals surface area contributed by atoms with Crippen LogP contribution in [0.5, 0.6) is 5.75 Å². The zero-order chi connectivity index (χ0) is 18.2. The molecule has 0 aliphatic carbocycles. The highest BCUT2D eigenvalue weighted by molar-refractivity contribution is 6.05. The molecule has 132 valence electrons. The first kappa shape index (κ1) is 17.7. The van der Waals surface area contributed by atoms with E-state index in [2.05, 4.69) is 17.4 Å². The van der Waals surface area contributed by atoms with Crippen molar-refractivity contribution in [2.75, 3.05) is 11.9 Å². The fourth-order valence-electron chi connectivity index (χ4n) is 2.63. The zero-order valence-corrected chi connectivity index (χ0v) is 14.3. The van der Waals surface area contributed by atoms with Gasteiger partial charge in [-0.15, -0.1) is 0 Å². The predicted octanol–water partition coefficient (Wildman–Crippen LogP) is 5.09. The molecule has 1 amide bonds. The van der Waals surface area contributed by atoms with E-state index in [9.17, 15) is 9.18 Å². The van der Waals surface area contributed by atoms with E-state index in [0.29, 0.717) is 18.0 Å². The highest BCUT2D eigenvalue weighted by Crippen LogP contribution is 2.25. The summed E-state index contributed by atoms with van der Waals surface area (Å²) in [5, 5.41) is 2.72. The van der Waals surface area contributed by atoms with Crippen molar-refractivity contribution in [2.24, 2.45) is 0 Å². The number of rotatable bonds is 7. The fraction of sp³-hybridized carbons (Fsp3) is 0.136. The first-order valence-electron chi connectivity index (χ1n) is 8.55. The molecule has 0 spiro atoms. The number of nitrogens with one attached hydrogen (secondary N) is 1. The van der Waals surface area contributed by atoms with E-state index in [-0.39, 0.29) is 5.56 Å². The Kier molecular flexibility index (Phi) is 5.99. The van der Waals surface area contributed by atoms with E-state index in [4.69, 9.17) is 4.74 Å². The number of para-hydroxylation sites is 2. The number of hydrogen-bond donors (Lipinski definition) is 1. The third kappa shape index (κ3) is 4.70. The molecule has 0 aliphatic heterocycles. The van der Waals surface area contributed by atoms with Gasteiger partial charge in [0.2, 0.25) is 0 Å². The lowest BCUT2D eigenvalue weighted by molar-refractivity contribution is 0.102. The number of benzene rings is 3. The van der Waals surface area contributed by atoms with Crippen molar-refractivity contribution in [1.29, 1.82) is 0 Å². The lowest BCUT2D eigenvalue weighted by Crippen LogP contribution is -2.14. The Labute approximate surface area is 152 Å². The number of carbonyl (C=O) groups excluding carboxylic acids is 1. The van der Waals surface area contributed by atoms with Gasteiger partial charge in [0.25, 0.3) is 5.91 Å². The van der Waals surface area contributed by atoms with Crippen LogP contribution in [-0.2, 0) is 6.42 Å². The molecule has 0 aliphatic rings. The molecule has 0 atom stereocenters. The van der Waals surface area contributed by atoms with Crippen LogP contribution in [0.15, 0.2) is 78.9 Å². The Hall–Kier alpha value is -3.14. The molecule has 3 aromatic rings. The van der Waals surface area contributed by atoms with E-state index in [1.54, 1.807) is 30.3 Å². The molecule has 0 heterocycles. The first-order valence-corrected chi connectivity index (χ1v) is 8.55. The summed E-state index contributed by atoms with van der Waals surface area (Å²) in [5.41, 5.74) is 1.80. The molecule has 0 unspecified atom stereocenters. The van der Waals surface area contributed by atoms with Gasteiger partial charge in [0.05, 0.1) is 17.9 Å². The van der Waals surface area contributed by atoms with E-state index in [1.807, 2.05) is 24.3 Å². The number of aryl methyl sites for hydroxylation is 1. The Morgan fingerprint density at radius 1 is 0.885 bits per heavy atom. The maximum absolute atomic E-state index is 13.8. The molecule has 3 aromatic carbocycles. The summed E-state index contributed by atoms with van der Waals surface area (Å²) >= 11 is 0. The zero-order valence-electron chi connectivity index (χ0n) is 14.3. The van der Waals surface area contributed by atoms with Crippen LogP contribution in [0.25, 0.3) is 0 Å². The van der Waals surface area contributed by atoms with Crippen LogP contribution in [0.1, 0.15) is 22.3 Å². The number of ether oxygens (including phenoxy) is 1. The Morgan fingerprint density at radius 3 is 2.38 bits per heavy atom. The van der Waals surface area contributed by atoms with Gasteiger partial charge in [-0.25, -0.2) is 4.39 Å². The third-order valence-corrected chi connectivity index (χ3v) is 3.96. The Balaban J connectivity index is 1.59. The van der Waals surface area contributed by atoms with Gasteiger partial charge in [-0.2, -0.15) is 0 Å². The quantitative estimate of drug-likeness (QED) is 0.603. The fourth-order valence-corrected chi connectivity index (χ4v) is 2.63. The summed E-state index contributed by atoms with van der Waals surface area (Å²) in [6, 6.07) is 23.3. The van der Waals surface area contributed by atoms with Gasteiger partial charge in [-0.3, -0.25) is 4.79 Å². The molecular formula is C22H20FNO2. The lowest BCUT2D eigenvalue weighted by Gasteiger charge is -2.13. The van der Waals surface area contributed by atoms with Gasteiger partial charge < -0.3 is 10.1 Å². The Bertz CT molecular complexity index is 865. The van der Waals surface area contributed by atoms with Gasteiger partial charge >= 0.3 is 0 Å². The standard InChI is InChI=1S/C22H20FNO2/c23-19-13-5-4-12-18(19)22(25)24-20-14-6-7-15-21(20)26-16-8-11-17-9-2-1-3-10-17/h1-7,9-10,12-15H,8,11,16H2,(H,24,25). The van der Waals surface area contributed by atoms with E-state index >= 15 is 0 Å². The maximum atomic E-state index is 13.8. The monoisotopic (exact) mass is 349 g/mol. The average Bonchev–Trinajstić information content (AvgIpc) is 2.67. The number of amides is 1. The van der Waals surface area contributed by atoms with Crippen molar-refractivity contribution in [3.05, 3.63) is 95.8 Å². The minimum atomic E-state index is -0.550. The molecule has 0 radical (unpaired) electrons. The van der Waals surface area contributed by atoms with Crippen molar-refractivity contribution >= 4 is 11.6 Å². The summed E-state index contributed by atoms with van der Waals surface area (Å²) in [6.07, 6.45) is 1.78. The molecule has 26 heavy (non-hydrogen) atoms. The summed E-state index contributed by atoms with van der Waals surface area (Å²) in [4.78, 5) is 12.3. The van der Waals surface area contributed by atoms with Gasteiger partial charge in [0.15, 0.2) is 0 Å². The molecule has 3 rings (SSSR count). The van der Waals surface area contributed by atoms with Crippen molar-refractivity contribution in [3.8, 4) is 5.75 Å². The molecule has 3 nitrogen and oxygen atoms in total. The second-order valence-corrected chi connectivity index (χ2v) is 5.87. The molecular weight excluding hydrogens is 329 g/mol. The summed E-state index contributed by atoms with van der Waals surface area (Å²) in [6.45, 7) is 0.529. The summed E-state index contributed by atoms with van der Waals surface area (Å²) in [7, 11) is 0. The number of hydrogen-bond acceptors (Lipinski definition) is 2. The highest BCUT2D eigenvalue weighted by Gasteiger charge is 2.13. The predicted molar refractivity (Wildman–Crippen MR) is 101 cm³/mol. The molecule has 0 aromatic heterocycles. The van der Waals surface area contributed by atoms with Crippen LogP contribution in [0.2, 0.25) is 0 Å². The molecule has 4 heteroatoms. The maximum Gasteiger partial charge on any atom is 0.258 e. The lowest BCUT2D eigenvalue weighted by atomic mass is 10.1. The van der Waals surface area contributed by atoms with Gasteiger partial charge in [-0.05, 0) is 42.7 Å². The SMILES string of the molecule is O=C(Nc1ccccc1OCCCc1ccccc1)c1ccccc1F. The largest absolute Gasteiger partial charge is 0.491 e. The van der Waals surface area contributed by atoms with Crippen molar-refractivity contribution in [1.82, 2.24) is 0 Å². The molecule has 0 saturated heterocycles. The third-order valence-electron chi connectivity index (χ3n) is 3.96. The topological polar surface area (TPSA) is 38.3 Å². The molecule has 1 N–H and O–H groups in total. The summed E-state index contributed by atoms with van der Waals surface area (Å²) in [5.74, 6) is -0.472. The van der Waals surface area contributed by atoms with Crippen LogP contribution in [0, 0.1) is 5.82 Å². The second kappa shape index (κ2) is 8.81. The minimum absolute atomic E-state index is 0.00591. The van der Waals surface area contributed by atoms with Gasteiger partial charge in [-0.1, -0.05) is 54.6 Å². The van der Waals surface area contributed by atoms with Crippen LogP contribution in [0.4, 0.5) is 10.1 Å². The minimum Gasteiger partial charge on any atom is -0.491 e. The van der Waals surface area contributed by atoms with Gasteiger partial charge in [0, 0.05) is 0 Å². The van der Waals surface area contributed by atoms with Crippen LogP contribution in [-0.4, -0.2) is 12.5 Å². The van der Waals surface area contributed by atoms with Crippen LogP contribution >= 0.6 is 0 Å². The summed E-state index contributed by atoms with van der Waals surface area (Å²) < 4.78 is 19.6. The normalized spacial score (nSPS) is 10.3. The number of anilines is 1. The Morgan fingerprint density at radius 2 is 1.58 bits per heavy atom. The van der Waals surface area contributed by atoms with Crippen molar-refractivity contribution in [3.63, 3.8) is 0 Å². The van der Waals surface area contributed by atoms with Crippen LogP contribution in [0.3, 0.4) is 0 Å². The van der Waals surface area contributed by atoms with Crippen molar-refractivity contribution in [2.45, 2.75) is 12.8 Å². The van der Waals surface area contributed by atoms with Crippen LogP contribution < -0.4 is 10.1 Å². The molecule has 0 bridgehead atoms. The average molecular weight is 349 g/mol.